The van der Waals surface area contributed by atoms with Gasteiger partial charge >= 0.3 is 0 Å². The molecule has 112 valence electrons. The molecule has 2 aromatic carbocycles. The maximum atomic E-state index is 13.7. The second-order valence-corrected chi connectivity index (χ2v) is 5.29. The van der Waals surface area contributed by atoms with E-state index in [-0.39, 0.29) is 5.82 Å². The molecule has 0 aliphatic rings. The minimum absolute atomic E-state index is 0.333. The van der Waals surface area contributed by atoms with Crippen LogP contribution in [-0.2, 0) is 4.74 Å². The third kappa shape index (κ3) is 3.81. The molecule has 1 unspecified atom stereocenters. The van der Waals surface area contributed by atoms with Crippen LogP contribution in [0.5, 0.6) is 5.75 Å². The van der Waals surface area contributed by atoms with Gasteiger partial charge in [-0.2, -0.15) is 0 Å². The zero-order valence-electron chi connectivity index (χ0n) is 11.7. The fourth-order valence-corrected chi connectivity index (χ4v) is 2.54. The highest BCUT2D eigenvalue weighted by Crippen LogP contribution is 2.33. The van der Waals surface area contributed by atoms with E-state index >= 15 is 0 Å². The Labute approximate surface area is 132 Å². The van der Waals surface area contributed by atoms with Gasteiger partial charge in [0.25, 0.3) is 0 Å². The van der Waals surface area contributed by atoms with Crippen LogP contribution in [0.3, 0.4) is 0 Å². The maximum absolute atomic E-state index is 13.7. The van der Waals surface area contributed by atoms with E-state index in [4.69, 9.17) is 15.2 Å². The Morgan fingerprint density at radius 1 is 1.10 bits per heavy atom. The lowest BCUT2D eigenvalue weighted by Crippen LogP contribution is -2.15. The molecule has 21 heavy (non-hydrogen) atoms. The summed E-state index contributed by atoms with van der Waals surface area (Å²) < 4.78 is 24.7. The fourth-order valence-electron chi connectivity index (χ4n) is 2.03. The van der Waals surface area contributed by atoms with Gasteiger partial charge in [-0.25, -0.2) is 4.39 Å². The fraction of sp³-hybridized carbons (Fsp3) is 0.250. The van der Waals surface area contributed by atoms with Crippen LogP contribution in [0, 0.1) is 5.82 Å². The second-order valence-electron chi connectivity index (χ2n) is 4.50. The van der Waals surface area contributed by atoms with Gasteiger partial charge in [0.05, 0.1) is 17.1 Å². The summed E-state index contributed by atoms with van der Waals surface area (Å²) in [6, 6.07) is 11.8. The van der Waals surface area contributed by atoms with Crippen molar-refractivity contribution in [3.63, 3.8) is 0 Å². The average Bonchev–Trinajstić information content (AvgIpc) is 2.50. The number of methoxy groups -OCH3 is 1. The lowest BCUT2D eigenvalue weighted by Gasteiger charge is -2.18. The molecule has 0 spiro atoms. The summed E-state index contributed by atoms with van der Waals surface area (Å²) in [4.78, 5) is 0. The van der Waals surface area contributed by atoms with Gasteiger partial charge in [-0.1, -0.05) is 30.3 Å². The smallest absolute Gasteiger partial charge is 0.137 e. The van der Waals surface area contributed by atoms with Crippen molar-refractivity contribution in [3.8, 4) is 5.75 Å². The standard InChI is InChI=1S/C16H17BrFNO2/c1-20-9-10-21-14-8-3-2-5-11(14)16(19)12-6-4-7-13(18)15(12)17/h2-8,16H,9-10,19H2,1H3. The molecule has 2 aromatic rings. The van der Waals surface area contributed by atoms with Gasteiger partial charge in [0.1, 0.15) is 18.2 Å². The van der Waals surface area contributed by atoms with E-state index in [1.54, 1.807) is 19.2 Å². The predicted octanol–water partition coefficient (Wildman–Crippen LogP) is 3.66. The molecule has 0 fully saturated rings. The van der Waals surface area contributed by atoms with Crippen molar-refractivity contribution in [2.45, 2.75) is 6.04 Å². The Morgan fingerprint density at radius 3 is 2.57 bits per heavy atom. The van der Waals surface area contributed by atoms with Crippen LogP contribution < -0.4 is 10.5 Å². The summed E-state index contributed by atoms with van der Waals surface area (Å²) in [5.74, 6) is 0.346. The number of hydrogen-bond acceptors (Lipinski definition) is 3. The molecule has 3 nitrogen and oxygen atoms in total. The van der Waals surface area contributed by atoms with Crippen molar-refractivity contribution < 1.29 is 13.9 Å². The second kappa shape index (κ2) is 7.54. The van der Waals surface area contributed by atoms with Crippen LogP contribution in [0.25, 0.3) is 0 Å². The van der Waals surface area contributed by atoms with E-state index < -0.39 is 6.04 Å². The number of hydrogen-bond donors (Lipinski definition) is 1. The zero-order chi connectivity index (χ0) is 15.2. The molecular weight excluding hydrogens is 337 g/mol. The average molecular weight is 354 g/mol. The molecule has 2 N–H and O–H groups in total. The molecule has 0 aliphatic heterocycles. The highest BCUT2D eigenvalue weighted by molar-refractivity contribution is 9.10. The van der Waals surface area contributed by atoms with Crippen LogP contribution in [0.1, 0.15) is 17.2 Å². The van der Waals surface area contributed by atoms with E-state index in [0.29, 0.717) is 29.0 Å². The van der Waals surface area contributed by atoms with E-state index in [9.17, 15) is 4.39 Å². The van der Waals surface area contributed by atoms with Crippen molar-refractivity contribution in [2.75, 3.05) is 20.3 Å². The van der Waals surface area contributed by atoms with Crippen molar-refractivity contribution in [3.05, 3.63) is 63.9 Å². The largest absolute Gasteiger partial charge is 0.491 e. The van der Waals surface area contributed by atoms with Gasteiger partial charge in [-0.15, -0.1) is 0 Å². The van der Waals surface area contributed by atoms with E-state index in [1.807, 2.05) is 24.3 Å². The summed E-state index contributed by atoms with van der Waals surface area (Å²) in [6.07, 6.45) is 0. The van der Waals surface area contributed by atoms with Gasteiger partial charge in [-0.3, -0.25) is 0 Å². The van der Waals surface area contributed by atoms with E-state index in [0.717, 1.165) is 5.56 Å². The summed E-state index contributed by atoms with van der Waals surface area (Å²) in [5, 5.41) is 0. The third-order valence-corrected chi connectivity index (χ3v) is 3.95. The number of ether oxygens (including phenoxy) is 2. The Kier molecular flexibility index (Phi) is 5.73. The number of halogens is 2. The summed E-state index contributed by atoms with van der Waals surface area (Å²) in [5.41, 5.74) is 7.77. The van der Waals surface area contributed by atoms with Crippen LogP contribution in [-0.4, -0.2) is 20.3 Å². The van der Waals surface area contributed by atoms with Gasteiger partial charge in [0.15, 0.2) is 0 Å². The number of benzene rings is 2. The molecule has 0 bridgehead atoms. The molecule has 2 rings (SSSR count). The maximum Gasteiger partial charge on any atom is 0.137 e. The third-order valence-electron chi connectivity index (χ3n) is 3.12. The van der Waals surface area contributed by atoms with Gasteiger partial charge < -0.3 is 15.2 Å². The molecule has 1 atom stereocenters. The SMILES string of the molecule is COCCOc1ccccc1C(N)c1cccc(F)c1Br. The molecule has 0 aliphatic carbocycles. The molecular formula is C16H17BrFNO2. The minimum Gasteiger partial charge on any atom is -0.491 e. The lowest BCUT2D eigenvalue weighted by atomic mass is 9.98. The number of nitrogens with two attached hydrogens (primary N) is 1. The van der Waals surface area contributed by atoms with Crippen LogP contribution in [0.4, 0.5) is 4.39 Å². The van der Waals surface area contributed by atoms with Gasteiger partial charge in [0, 0.05) is 12.7 Å². The Bertz CT molecular complexity index is 607. The van der Waals surface area contributed by atoms with Crippen molar-refractivity contribution in [1.82, 2.24) is 0 Å². The topological polar surface area (TPSA) is 44.5 Å². The lowest BCUT2D eigenvalue weighted by molar-refractivity contribution is 0.145. The Hall–Kier alpha value is -1.43. The monoisotopic (exact) mass is 353 g/mol. The van der Waals surface area contributed by atoms with Gasteiger partial charge in [-0.05, 0) is 33.6 Å². The van der Waals surface area contributed by atoms with E-state index in [1.165, 1.54) is 6.07 Å². The van der Waals surface area contributed by atoms with Crippen LogP contribution in [0.2, 0.25) is 0 Å². The van der Waals surface area contributed by atoms with Crippen LogP contribution in [0.15, 0.2) is 46.9 Å². The normalized spacial score (nSPS) is 12.2. The van der Waals surface area contributed by atoms with Crippen molar-refractivity contribution in [2.24, 2.45) is 5.73 Å². The van der Waals surface area contributed by atoms with Crippen LogP contribution >= 0.6 is 15.9 Å². The Balaban J connectivity index is 2.30. The molecule has 0 radical (unpaired) electrons. The summed E-state index contributed by atoms with van der Waals surface area (Å²) in [7, 11) is 1.62. The molecule has 0 heterocycles. The first-order valence-electron chi connectivity index (χ1n) is 6.55. The molecule has 0 aromatic heterocycles. The zero-order valence-corrected chi connectivity index (χ0v) is 13.3. The first-order chi connectivity index (χ1) is 10.1. The van der Waals surface area contributed by atoms with Gasteiger partial charge in [0.2, 0.25) is 0 Å². The van der Waals surface area contributed by atoms with Crippen molar-refractivity contribution >= 4 is 15.9 Å². The predicted molar refractivity (Wildman–Crippen MR) is 83.9 cm³/mol. The van der Waals surface area contributed by atoms with E-state index in [2.05, 4.69) is 15.9 Å². The number of rotatable bonds is 6. The number of para-hydroxylation sites is 1. The quantitative estimate of drug-likeness (QED) is 0.806. The molecule has 0 saturated heterocycles. The highest BCUT2D eigenvalue weighted by Gasteiger charge is 2.18. The molecule has 5 heteroatoms. The molecule has 0 amide bonds. The first-order valence-corrected chi connectivity index (χ1v) is 7.34. The first kappa shape index (κ1) is 15.9. The summed E-state index contributed by atoms with van der Waals surface area (Å²) in [6.45, 7) is 0.928. The summed E-state index contributed by atoms with van der Waals surface area (Å²) >= 11 is 3.25. The van der Waals surface area contributed by atoms with Crippen molar-refractivity contribution in [1.29, 1.82) is 0 Å². The highest BCUT2D eigenvalue weighted by atomic mass is 79.9. The molecule has 0 saturated carbocycles. The Morgan fingerprint density at radius 2 is 1.81 bits per heavy atom. The minimum atomic E-state index is -0.478.